The number of hydrogen-bond donors (Lipinski definition) is 1. The fraction of sp³-hybridized carbons (Fsp3) is 0.429. The van der Waals surface area contributed by atoms with Gasteiger partial charge < -0.3 is 19.7 Å². The monoisotopic (exact) mass is 369 g/mol. The van der Waals surface area contributed by atoms with Crippen LogP contribution in [0.2, 0.25) is 0 Å². The van der Waals surface area contributed by atoms with E-state index < -0.39 is 0 Å². The van der Waals surface area contributed by atoms with Crippen LogP contribution >= 0.6 is 0 Å². The molecule has 0 fully saturated rings. The minimum atomic E-state index is -0.0855. The Kier molecular flexibility index (Phi) is 6.16. The van der Waals surface area contributed by atoms with Crippen LogP contribution in [0.4, 0.5) is 4.79 Å². The summed E-state index contributed by atoms with van der Waals surface area (Å²) < 4.78 is 11.3. The molecule has 1 aliphatic rings. The van der Waals surface area contributed by atoms with Gasteiger partial charge in [-0.05, 0) is 30.0 Å². The van der Waals surface area contributed by atoms with Crippen molar-refractivity contribution in [3.05, 3.63) is 53.9 Å². The van der Waals surface area contributed by atoms with Crippen molar-refractivity contribution >= 4 is 6.03 Å². The van der Waals surface area contributed by atoms with E-state index >= 15 is 0 Å². The molecule has 2 aromatic rings. The molecule has 0 saturated carbocycles. The number of benzene rings is 1. The first kappa shape index (κ1) is 19.0. The maximum Gasteiger partial charge on any atom is 0.318 e. The average molecular weight is 369 g/mol. The van der Waals surface area contributed by atoms with Crippen LogP contribution in [-0.4, -0.2) is 36.2 Å². The van der Waals surface area contributed by atoms with Crippen molar-refractivity contribution in [3.8, 4) is 11.5 Å². The SMILES string of the molecule is COc1cccc2c1OCCCN(C(=O)N[C@H](c1cccnc1)C(C)C)C2. The van der Waals surface area contributed by atoms with E-state index in [-0.39, 0.29) is 18.0 Å². The molecule has 0 unspecified atom stereocenters. The first-order valence-electron chi connectivity index (χ1n) is 9.34. The number of hydrogen-bond acceptors (Lipinski definition) is 4. The van der Waals surface area contributed by atoms with Gasteiger partial charge in [-0.3, -0.25) is 4.98 Å². The van der Waals surface area contributed by atoms with Gasteiger partial charge in [0.05, 0.1) is 26.3 Å². The van der Waals surface area contributed by atoms with Crippen molar-refractivity contribution in [2.45, 2.75) is 32.9 Å². The van der Waals surface area contributed by atoms with Gasteiger partial charge in [0.25, 0.3) is 0 Å². The molecule has 1 aromatic carbocycles. The predicted octanol–water partition coefficient (Wildman–Crippen LogP) is 3.78. The third-order valence-corrected chi connectivity index (χ3v) is 4.74. The minimum Gasteiger partial charge on any atom is -0.493 e. The summed E-state index contributed by atoms with van der Waals surface area (Å²) in [6.45, 7) is 5.86. The number of rotatable bonds is 4. The van der Waals surface area contributed by atoms with Gasteiger partial charge in [0.2, 0.25) is 0 Å². The molecule has 0 aliphatic carbocycles. The van der Waals surface area contributed by atoms with Gasteiger partial charge in [-0.25, -0.2) is 4.79 Å². The average Bonchev–Trinajstić information content (AvgIpc) is 2.66. The van der Waals surface area contributed by atoms with E-state index in [0.29, 0.717) is 25.4 Å². The summed E-state index contributed by atoms with van der Waals surface area (Å²) >= 11 is 0. The number of methoxy groups -OCH3 is 1. The Morgan fingerprint density at radius 3 is 2.85 bits per heavy atom. The Morgan fingerprint density at radius 2 is 2.15 bits per heavy atom. The molecular weight excluding hydrogens is 342 g/mol. The minimum absolute atomic E-state index is 0.0757. The van der Waals surface area contributed by atoms with Gasteiger partial charge in [0.15, 0.2) is 11.5 Å². The molecule has 1 aromatic heterocycles. The molecule has 2 heterocycles. The fourth-order valence-corrected chi connectivity index (χ4v) is 3.32. The predicted molar refractivity (Wildman–Crippen MR) is 104 cm³/mol. The number of urea groups is 1. The second-order valence-electron chi connectivity index (χ2n) is 7.03. The highest BCUT2D eigenvalue weighted by Gasteiger charge is 2.24. The lowest BCUT2D eigenvalue weighted by Gasteiger charge is -2.30. The number of para-hydroxylation sites is 1. The number of aromatic nitrogens is 1. The van der Waals surface area contributed by atoms with Crippen LogP contribution < -0.4 is 14.8 Å². The van der Waals surface area contributed by atoms with Crippen LogP contribution in [0.25, 0.3) is 0 Å². The molecule has 0 radical (unpaired) electrons. The number of nitrogens with zero attached hydrogens (tertiary/aromatic N) is 2. The Hall–Kier alpha value is -2.76. The summed E-state index contributed by atoms with van der Waals surface area (Å²) in [5.74, 6) is 1.68. The Labute approximate surface area is 160 Å². The summed E-state index contributed by atoms with van der Waals surface area (Å²) in [5.41, 5.74) is 1.96. The maximum absolute atomic E-state index is 13.0. The van der Waals surface area contributed by atoms with Crippen LogP contribution in [0.15, 0.2) is 42.7 Å². The lowest BCUT2D eigenvalue weighted by atomic mass is 9.97. The molecule has 1 aliphatic heterocycles. The number of pyridine rings is 1. The molecule has 6 heteroatoms. The molecule has 144 valence electrons. The van der Waals surface area contributed by atoms with Crippen LogP contribution in [0.1, 0.15) is 37.4 Å². The van der Waals surface area contributed by atoms with E-state index in [2.05, 4.69) is 24.1 Å². The van der Waals surface area contributed by atoms with E-state index in [9.17, 15) is 4.79 Å². The lowest BCUT2D eigenvalue weighted by molar-refractivity contribution is 0.173. The number of amides is 2. The number of nitrogens with one attached hydrogen (secondary N) is 1. The molecule has 27 heavy (non-hydrogen) atoms. The van der Waals surface area contributed by atoms with Gasteiger partial charge in [-0.1, -0.05) is 32.0 Å². The molecule has 3 rings (SSSR count). The fourth-order valence-electron chi connectivity index (χ4n) is 3.32. The van der Waals surface area contributed by atoms with Crippen molar-refractivity contribution in [2.75, 3.05) is 20.3 Å². The molecular formula is C21H27N3O3. The molecule has 0 bridgehead atoms. The third-order valence-electron chi connectivity index (χ3n) is 4.74. The highest BCUT2D eigenvalue weighted by Crippen LogP contribution is 2.33. The molecule has 6 nitrogen and oxygen atoms in total. The van der Waals surface area contributed by atoms with Gasteiger partial charge in [-0.2, -0.15) is 0 Å². The Balaban J connectivity index is 1.79. The Morgan fingerprint density at radius 1 is 1.30 bits per heavy atom. The molecule has 1 N–H and O–H groups in total. The van der Waals surface area contributed by atoms with Crippen LogP contribution in [0, 0.1) is 5.92 Å². The van der Waals surface area contributed by atoms with E-state index in [4.69, 9.17) is 9.47 Å². The normalized spacial score (nSPS) is 15.2. The van der Waals surface area contributed by atoms with E-state index in [1.54, 1.807) is 13.3 Å². The molecule has 0 spiro atoms. The number of ether oxygens (including phenoxy) is 2. The van der Waals surface area contributed by atoms with Crippen molar-refractivity contribution in [2.24, 2.45) is 5.92 Å². The molecule has 0 saturated heterocycles. The zero-order valence-corrected chi connectivity index (χ0v) is 16.1. The van der Waals surface area contributed by atoms with E-state index in [0.717, 1.165) is 23.3 Å². The van der Waals surface area contributed by atoms with Crippen molar-refractivity contribution in [1.82, 2.24) is 15.2 Å². The zero-order chi connectivity index (χ0) is 19.2. The lowest BCUT2D eigenvalue weighted by Crippen LogP contribution is -2.43. The number of carbonyl (C=O) groups excluding carboxylic acids is 1. The summed E-state index contributed by atoms with van der Waals surface area (Å²) in [7, 11) is 1.63. The van der Waals surface area contributed by atoms with Gasteiger partial charge in [0, 0.05) is 24.5 Å². The van der Waals surface area contributed by atoms with Crippen LogP contribution in [-0.2, 0) is 6.54 Å². The highest BCUT2D eigenvalue weighted by atomic mass is 16.5. The highest BCUT2D eigenvalue weighted by molar-refractivity contribution is 5.75. The van der Waals surface area contributed by atoms with Crippen LogP contribution in [0.3, 0.4) is 0 Å². The third kappa shape index (κ3) is 4.51. The first-order valence-corrected chi connectivity index (χ1v) is 9.34. The van der Waals surface area contributed by atoms with Gasteiger partial charge >= 0.3 is 6.03 Å². The van der Waals surface area contributed by atoms with Gasteiger partial charge in [-0.15, -0.1) is 0 Å². The standard InChI is InChI=1S/C21H27N3O3/c1-15(2)19(16-8-5-10-22-13-16)23-21(25)24-11-6-12-27-20-17(14-24)7-4-9-18(20)26-3/h4-5,7-10,13,15,19H,6,11-12,14H2,1-3H3,(H,23,25)/t19-/m0/s1. The molecule has 2 amide bonds. The second kappa shape index (κ2) is 8.75. The van der Waals surface area contributed by atoms with Crippen LogP contribution in [0.5, 0.6) is 11.5 Å². The smallest absolute Gasteiger partial charge is 0.318 e. The number of fused-ring (bicyclic) bond motifs is 1. The second-order valence-corrected chi connectivity index (χ2v) is 7.03. The Bertz CT molecular complexity index is 765. The molecule has 1 atom stereocenters. The van der Waals surface area contributed by atoms with E-state index in [1.807, 2.05) is 41.4 Å². The quantitative estimate of drug-likeness (QED) is 0.891. The largest absolute Gasteiger partial charge is 0.493 e. The van der Waals surface area contributed by atoms with Crippen molar-refractivity contribution in [1.29, 1.82) is 0 Å². The maximum atomic E-state index is 13.0. The summed E-state index contributed by atoms with van der Waals surface area (Å²) in [6.07, 6.45) is 4.32. The topological polar surface area (TPSA) is 63.7 Å². The number of carbonyl (C=O) groups is 1. The summed E-state index contributed by atoms with van der Waals surface area (Å²) in [6, 6.07) is 9.51. The summed E-state index contributed by atoms with van der Waals surface area (Å²) in [4.78, 5) is 19.1. The van der Waals surface area contributed by atoms with Gasteiger partial charge in [0.1, 0.15) is 0 Å². The first-order chi connectivity index (χ1) is 13.1. The van der Waals surface area contributed by atoms with Crippen molar-refractivity contribution in [3.63, 3.8) is 0 Å². The zero-order valence-electron chi connectivity index (χ0n) is 16.1. The van der Waals surface area contributed by atoms with Crippen molar-refractivity contribution < 1.29 is 14.3 Å². The van der Waals surface area contributed by atoms with E-state index in [1.165, 1.54) is 0 Å². The summed E-state index contributed by atoms with van der Waals surface area (Å²) in [5, 5.41) is 3.18.